The minimum absolute atomic E-state index is 0.627. The Bertz CT molecular complexity index is 391. The van der Waals surface area contributed by atoms with Crippen LogP contribution < -0.4 is 10.6 Å². The van der Waals surface area contributed by atoms with Gasteiger partial charge in [-0.2, -0.15) is 0 Å². The number of pyridine rings is 1. The minimum atomic E-state index is 0.627. The molecule has 1 aromatic heterocycles. The Morgan fingerprint density at radius 3 is 2.94 bits per heavy atom. The smallest absolute Gasteiger partial charge is 0.151 e. The maximum atomic E-state index is 6.01. The van der Waals surface area contributed by atoms with Crippen LogP contribution in [0.15, 0.2) is 12.3 Å². The largest absolute Gasteiger partial charge is 0.396 e. The van der Waals surface area contributed by atoms with Crippen molar-refractivity contribution in [3.05, 3.63) is 17.8 Å². The zero-order chi connectivity index (χ0) is 12.4. The Morgan fingerprint density at radius 2 is 2.35 bits per heavy atom. The van der Waals surface area contributed by atoms with E-state index >= 15 is 0 Å². The van der Waals surface area contributed by atoms with Crippen LogP contribution in [0.4, 0.5) is 11.5 Å². The summed E-state index contributed by atoms with van der Waals surface area (Å²) in [6, 6.07) is 2.61. The molecule has 4 heteroatoms. The summed E-state index contributed by atoms with van der Waals surface area (Å²) in [5.74, 6) is 0.899. The van der Waals surface area contributed by atoms with Crippen LogP contribution in [-0.4, -0.2) is 43.1 Å². The molecule has 1 aliphatic rings. The van der Waals surface area contributed by atoms with Gasteiger partial charge in [0.05, 0.1) is 5.69 Å². The number of rotatable bonds is 3. The van der Waals surface area contributed by atoms with Gasteiger partial charge in [-0.1, -0.05) is 0 Å². The third-order valence-corrected chi connectivity index (χ3v) is 3.55. The van der Waals surface area contributed by atoms with Crippen LogP contribution in [0.3, 0.4) is 0 Å². The Balaban J connectivity index is 2.06. The normalized spacial score (nSPS) is 20.8. The van der Waals surface area contributed by atoms with Gasteiger partial charge in [0.15, 0.2) is 5.82 Å². The molecule has 1 aromatic rings. The van der Waals surface area contributed by atoms with E-state index in [4.69, 9.17) is 5.73 Å². The molecule has 1 saturated heterocycles. The quantitative estimate of drug-likeness (QED) is 0.861. The second kappa shape index (κ2) is 4.92. The Labute approximate surface area is 103 Å². The van der Waals surface area contributed by atoms with E-state index in [0.29, 0.717) is 6.04 Å². The third kappa shape index (κ3) is 2.69. The van der Waals surface area contributed by atoms with Crippen LogP contribution in [0, 0.1) is 6.92 Å². The summed E-state index contributed by atoms with van der Waals surface area (Å²) in [6.07, 6.45) is 4.44. The Kier molecular flexibility index (Phi) is 3.52. The van der Waals surface area contributed by atoms with Crippen molar-refractivity contribution >= 4 is 11.5 Å². The molecule has 1 atom stereocenters. The van der Waals surface area contributed by atoms with Crippen molar-refractivity contribution in [2.24, 2.45) is 0 Å². The van der Waals surface area contributed by atoms with E-state index in [2.05, 4.69) is 28.9 Å². The number of nitrogen functional groups attached to an aromatic ring is 1. The highest BCUT2D eigenvalue weighted by Crippen LogP contribution is 2.22. The lowest BCUT2D eigenvalue weighted by Gasteiger charge is -2.27. The number of hydrogen-bond acceptors (Lipinski definition) is 4. The molecule has 1 fully saturated rings. The van der Waals surface area contributed by atoms with Gasteiger partial charge in [-0.25, -0.2) is 4.98 Å². The average molecular weight is 234 g/mol. The van der Waals surface area contributed by atoms with Crippen molar-refractivity contribution < 1.29 is 0 Å². The maximum Gasteiger partial charge on any atom is 0.151 e. The first-order chi connectivity index (χ1) is 8.08. The molecule has 2 N–H and O–H groups in total. The molecule has 1 aliphatic heterocycles. The van der Waals surface area contributed by atoms with Crippen molar-refractivity contribution in [1.82, 2.24) is 9.88 Å². The summed E-state index contributed by atoms with van der Waals surface area (Å²) in [5.41, 5.74) is 7.89. The van der Waals surface area contributed by atoms with Gasteiger partial charge in [0.2, 0.25) is 0 Å². The van der Waals surface area contributed by atoms with Crippen LogP contribution in [0.2, 0.25) is 0 Å². The van der Waals surface area contributed by atoms with Gasteiger partial charge in [-0.3, -0.25) is 0 Å². The molecule has 2 rings (SSSR count). The number of nitrogens with zero attached hydrogens (tertiary/aromatic N) is 3. The lowest BCUT2D eigenvalue weighted by atomic mass is 10.2. The van der Waals surface area contributed by atoms with Crippen LogP contribution in [0.5, 0.6) is 0 Å². The van der Waals surface area contributed by atoms with Crippen LogP contribution in [0.25, 0.3) is 0 Å². The van der Waals surface area contributed by atoms with Gasteiger partial charge in [0.1, 0.15) is 0 Å². The van der Waals surface area contributed by atoms with E-state index in [-0.39, 0.29) is 0 Å². The molecule has 4 nitrogen and oxygen atoms in total. The molecule has 0 aromatic carbocycles. The van der Waals surface area contributed by atoms with Crippen LogP contribution >= 0.6 is 0 Å². The molecular formula is C13H22N4. The summed E-state index contributed by atoms with van der Waals surface area (Å²) < 4.78 is 0. The molecule has 0 radical (unpaired) electrons. The molecule has 0 spiro atoms. The predicted octanol–water partition coefficient (Wildman–Crippen LogP) is 1.50. The minimum Gasteiger partial charge on any atom is -0.396 e. The van der Waals surface area contributed by atoms with E-state index in [9.17, 15) is 0 Å². The number of likely N-dealkylation sites (N-methyl/N-ethyl adjacent to an activating group) is 2. The van der Waals surface area contributed by atoms with Crippen molar-refractivity contribution in [1.29, 1.82) is 0 Å². The summed E-state index contributed by atoms with van der Waals surface area (Å²) in [7, 11) is 4.26. The topological polar surface area (TPSA) is 45.4 Å². The molecule has 2 heterocycles. The number of aromatic nitrogens is 1. The van der Waals surface area contributed by atoms with Crippen molar-refractivity contribution in [2.75, 3.05) is 37.8 Å². The molecule has 0 amide bonds. The monoisotopic (exact) mass is 234 g/mol. The lowest BCUT2D eigenvalue weighted by molar-refractivity contribution is 0.314. The van der Waals surface area contributed by atoms with E-state index in [0.717, 1.165) is 23.6 Å². The van der Waals surface area contributed by atoms with Gasteiger partial charge >= 0.3 is 0 Å². The van der Waals surface area contributed by atoms with Gasteiger partial charge in [0.25, 0.3) is 0 Å². The first kappa shape index (κ1) is 12.2. The first-order valence-electron chi connectivity index (χ1n) is 6.21. The fraction of sp³-hybridized carbons (Fsp3) is 0.615. The number of likely N-dealkylation sites (tertiary alicyclic amines) is 1. The number of hydrogen-bond donors (Lipinski definition) is 1. The van der Waals surface area contributed by atoms with E-state index < -0.39 is 0 Å². The van der Waals surface area contributed by atoms with Crippen molar-refractivity contribution in [2.45, 2.75) is 25.8 Å². The summed E-state index contributed by atoms with van der Waals surface area (Å²) in [6.45, 7) is 4.21. The summed E-state index contributed by atoms with van der Waals surface area (Å²) in [5, 5.41) is 0. The zero-order valence-corrected chi connectivity index (χ0v) is 11.0. The highest BCUT2D eigenvalue weighted by atomic mass is 15.2. The van der Waals surface area contributed by atoms with Crippen LogP contribution in [-0.2, 0) is 0 Å². The number of anilines is 2. The number of nitrogens with two attached hydrogens (primary N) is 1. The van der Waals surface area contributed by atoms with E-state index in [1.54, 1.807) is 0 Å². The maximum absolute atomic E-state index is 6.01. The molecule has 0 aliphatic carbocycles. The Morgan fingerprint density at radius 1 is 1.59 bits per heavy atom. The summed E-state index contributed by atoms with van der Waals surface area (Å²) in [4.78, 5) is 9.01. The SMILES string of the molecule is Cc1cnc(N(C)CC2CCCN2C)c(N)c1. The molecule has 17 heavy (non-hydrogen) atoms. The Hall–Kier alpha value is -1.29. The van der Waals surface area contributed by atoms with Gasteiger partial charge in [0, 0.05) is 25.8 Å². The molecule has 94 valence electrons. The lowest BCUT2D eigenvalue weighted by Crippen LogP contribution is -2.37. The summed E-state index contributed by atoms with van der Waals surface area (Å²) >= 11 is 0. The molecular weight excluding hydrogens is 212 g/mol. The fourth-order valence-corrected chi connectivity index (χ4v) is 2.52. The standard InChI is InChI=1S/C13H22N4/c1-10-7-12(14)13(15-8-10)17(3)9-11-5-4-6-16(11)2/h7-8,11H,4-6,9,14H2,1-3H3. The van der Waals surface area contributed by atoms with E-state index in [1.165, 1.54) is 19.4 Å². The molecule has 0 saturated carbocycles. The van der Waals surface area contributed by atoms with Crippen molar-refractivity contribution in [3.63, 3.8) is 0 Å². The van der Waals surface area contributed by atoms with Gasteiger partial charge in [-0.05, 0) is 45.0 Å². The second-order valence-electron chi connectivity index (χ2n) is 5.08. The highest BCUT2D eigenvalue weighted by Gasteiger charge is 2.23. The van der Waals surface area contributed by atoms with Crippen LogP contribution in [0.1, 0.15) is 18.4 Å². The second-order valence-corrected chi connectivity index (χ2v) is 5.08. The van der Waals surface area contributed by atoms with Gasteiger partial charge < -0.3 is 15.5 Å². The molecule has 1 unspecified atom stereocenters. The van der Waals surface area contributed by atoms with Crippen molar-refractivity contribution in [3.8, 4) is 0 Å². The fourth-order valence-electron chi connectivity index (χ4n) is 2.52. The predicted molar refractivity (Wildman–Crippen MR) is 72.3 cm³/mol. The molecule has 0 bridgehead atoms. The van der Waals surface area contributed by atoms with E-state index in [1.807, 2.05) is 19.2 Å². The average Bonchev–Trinajstić information content (AvgIpc) is 2.64. The zero-order valence-electron chi connectivity index (χ0n) is 11.0. The third-order valence-electron chi connectivity index (χ3n) is 3.55. The number of aryl methyl sites for hydroxylation is 1. The first-order valence-corrected chi connectivity index (χ1v) is 6.21. The highest BCUT2D eigenvalue weighted by molar-refractivity contribution is 5.62. The van der Waals surface area contributed by atoms with Gasteiger partial charge in [-0.15, -0.1) is 0 Å².